The molecular weight excluding hydrogens is 316 g/mol. The first-order valence-electron chi connectivity index (χ1n) is 7.61. The van der Waals surface area contributed by atoms with Crippen molar-refractivity contribution in [1.29, 1.82) is 0 Å². The highest BCUT2D eigenvalue weighted by Gasteiger charge is 2.27. The molecule has 0 bridgehead atoms. The lowest BCUT2D eigenvalue weighted by molar-refractivity contribution is 0.190. The van der Waals surface area contributed by atoms with Crippen LogP contribution >= 0.6 is 22.9 Å². The molecule has 0 aliphatic carbocycles. The number of halogens is 1. The Labute approximate surface area is 139 Å². The third-order valence-electron chi connectivity index (χ3n) is 4.00. The number of nitrogens with one attached hydrogen (secondary N) is 1. The maximum absolute atomic E-state index is 12.7. The largest absolute Gasteiger partial charge is 0.322 e. The van der Waals surface area contributed by atoms with E-state index in [1.54, 1.807) is 17.4 Å². The van der Waals surface area contributed by atoms with Gasteiger partial charge >= 0.3 is 6.03 Å². The SMILES string of the molecule is O=C(Nc1ccccc1Cl)N1CCCCC[C@@H]1c1cccs1. The average Bonchev–Trinajstić information content (AvgIpc) is 2.94. The summed E-state index contributed by atoms with van der Waals surface area (Å²) in [7, 11) is 0. The molecule has 1 aromatic heterocycles. The first-order chi connectivity index (χ1) is 10.8. The van der Waals surface area contributed by atoms with Gasteiger partial charge in [-0.15, -0.1) is 11.3 Å². The minimum Gasteiger partial charge on any atom is -0.317 e. The van der Waals surface area contributed by atoms with Gasteiger partial charge in [0.2, 0.25) is 0 Å². The molecule has 3 rings (SSSR count). The Morgan fingerprint density at radius 3 is 2.82 bits per heavy atom. The quantitative estimate of drug-likeness (QED) is 0.767. The van der Waals surface area contributed by atoms with Crippen molar-refractivity contribution in [1.82, 2.24) is 4.90 Å². The van der Waals surface area contributed by atoms with Crippen LogP contribution in [0.5, 0.6) is 0 Å². The number of amides is 2. The number of hydrogen-bond acceptors (Lipinski definition) is 2. The average molecular weight is 335 g/mol. The summed E-state index contributed by atoms with van der Waals surface area (Å²) in [5.41, 5.74) is 0.670. The van der Waals surface area contributed by atoms with E-state index in [4.69, 9.17) is 11.6 Å². The molecule has 3 nitrogen and oxygen atoms in total. The summed E-state index contributed by atoms with van der Waals surface area (Å²) >= 11 is 7.87. The summed E-state index contributed by atoms with van der Waals surface area (Å²) < 4.78 is 0. The van der Waals surface area contributed by atoms with Crippen LogP contribution < -0.4 is 5.32 Å². The van der Waals surface area contributed by atoms with Crippen molar-refractivity contribution in [2.24, 2.45) is 0 Å². The summed E-state index contributed by atoms with van der Waals surface area (Å²) in [4.78, 5) is 16.0. The number of anilines is 1. The molecule has 0 saturated carbocycles. The molecular formula is C17H19ClN2OS. The third kappa shape index (κ3) is 3.45. The second-order valence-electron chi connectivity index (χ2n) is 5.48. The molecule has 0 unspecified atom stereocenters. The normalized spacial score (nSPS) is 18.8. The number of carbonyl (C=O) groups excluding carboxylic acids is 1. The van der Waals surface area contributed by atoms with Gasteiger partial charge in [-0.2, -0.15) is 0 Å². The third-order valence-corrected chi connectivity index (χ3v) is 5.30. The summed E-state index contributed by atoms with van der Waals surface area (Å²) in [6.45, 7) is 0.791. The molecule has 1 atom stereocenters. The Morgan fingerprint density at radius 2 is 2.05 bits per heavy atom. The lowest BCUT2D eigenvalue weighted by Gasteiger charge is -2.29. The lowest BCUT2D eigenvalue weighted by atomic mass is 10.1. The van der Waals surface area contributed by atoms with E-state index in [0.717, 1.165) is 19.4 Å². The van der Waals surface area contributed by atoms with Crippen molar-refractivity contribution in [2.75, 3.05) is 11.9 Å². The van der Waals surface area contributed by atoms with E-state index in [1.807, 2.05) is 23.1 Å². The van der Waals surface area contributed by atoms with Crippen LogP contribution in [0.4, 0.5) is 10.5 Å². The maximum Gasteiger partial charge on any atom is 0.322 e. The standard InChI is InChI=1S/C17H19ClN2OS/c18-13-7-3-4-8-14(13)19-17(21)20-11-5-1-2-9-15(20)16-10-6-12-22-16/h3-4,6-8,10,12,15H,1-2,5,9,11H2,(H,19,21)/t15-/m1/s1. The molecule has 0 spiro atoms. The molecule has 1 N–H and O–H groups in total. The molecule has 1 aliphatic rings. The molecule has 1 fully saturated rings. The van der Waals surface area contributed by atoms with E-state index >= 15 is 0 Å². The van der Waals surface area contributed by atoms with Crippen LogP contribution in [0.25, 0.3) is 0 Å². The molecule has 1 aliphatic heterocycles. The van der Waals surface area contributed by atoms with Gasteiger partial charge < -0.3 is 10.2 Å². The number of nitrogens with zero attached hydrogens (tertiary/aromatic N) is 1. The highest BCUT2D eigenvalue weighted by molar-refractivity contribution is 7.10. The van der Waals surface area contributed by atoms with Gasteiger partial charge in [0.15, 0.2) is 0 Å². The van der Waals surface area contributed by atoms with Gasteiger partial charge in [0.1, 0.15) is 0 Å². The van der Waals surface area contributed by atoms with Crippen molar-refractivity contribution in [3.63, 3.8) is 0 Å². The van der Waals surface area contributed by atoms with Gasteiger partial charge in [-0.05, 0) is 36.4 Å². The van der Waals surface area contributed by atoms with Crippen LogP contribution in [0, 0.1) is 0 Å². The number of benzene rings is 1. The Hall–Kier alpha value is -1.52. The molecule has 5 heteroatoms. The van der Waals surface area contributed by atoms with Crippen LogP contribution in [0.15, 0.2) is 41.8 Å². The van der Waals surface area contributed by atoms with Gasteiger partial charge in [0, 0.05) is 11.4 Å². The van der Waals surface area contributed by atoms with E-state index < -0.39 is 0 Å². The second-order valence-corrected chi connectivity index (χ2v) is 6.87. The van der Waals surface area contributed by atoms with Crippen LogP contribution in [-0.4, -0.2) is 17.5 Å². The highest BCUT2D eigenvalue weighted by atomic mass is 35.5. The Morgan fingerprint density at radius 1 is 1.18 bits per heavy atom. The Balaban J connectivity index is 1.80. The summed E-state index contributed by atoms with van der Waals surface area (Å²) in [5, 5.41) is 5.60. The first-order valence-corrected chi connectivity index (χ1v) is 8.87. The second kappa shape index (κ2) is 7.16. The fraction of sp³-hybridized carbons (Fsp3) is 0.353. The molecule has 1 saturated heterocycles. The van der Waals surface area contributed by atoms with E-state index in [2.05, 4.69) is 22.8 Å². The monoisotopic (exact) mass is 334 g/mol. The van der Waals surface area contributed by atoms with Crippen LogP contribution in [0.3, 0.4) is 0 Å². The maximum atomic E-state index is 12.7. The fourth-order valence-corrected chi connectivity index (χ4v) is 3.93. The number of hydrogen-bond donors (Lipinski definition) is 1. The van der Waals surface area contributed by atoms with E-state index in [1.165, 1.54) is 17.7 Å². The Bertz CT molecular complexity index is 629. The molecule has 2 amide bonds. The van der Waals surface area contributed by atoms with E-state index in [9.17, 15) is 4.79 Å². The zero-order chi connectivity index (χ0) is 15.4. The number of thiophene rings is 1. The van der Waals surface area contributed by atoms with Crippen LogP contribution in [0.2, 0.25) is 5.02 Å². The fourth-order valence-electron chi connectivity index (χ4n) is 2.88. The van der Waals surface area contributed by atoms with E-state index in [0.29, 0.717) is 10.7 Å². The number of carbonyl (C=O) groups is 1. The number of rotatable bonds is 2. The lowest BCUT2D eigenvalue weighted by Crippen LogP contribution is -2.37. The molecule has 116 valence electrons. The predicted octanol–water partition coefficient (Wildman–Crippen LogP) is 5.55. The van der Waals surface area contributed by atoms with E-state index in [-0.39, 0.29) is 12.1 Å². The Kier molecular flexibility index (Phi) is 5.01. The van der Waals surface area contributed by atoms with Crippen LogP contribution in [-0.2, 0) is 0 Å². The van der Waals surface area contributed by atoms with Gasteiger partial charge in [-0.1, -0.05) is 42.6 Å². The summed E-state index contributed by atoms with van der Waals surface area (Å²) in [5.74, 6) is 0. The minimum atomic E-state index is -0.0617. The van der Waals surface area contributed by atoms with Crippen molar-refractivity contribution in [3.8, 4) is 0 Å². The molecule has 2 heterocycles. The number of urea groups is 1. The van der Waals surface area contributed by atoms with Gasteiger partial charge in [-0.25, -0.2) is 4.79 Å². The molecule has 0 radical (unpaired) electrons. The zero-order valence-electron chi connectivity index (χ0n) is 12.3. The number of para-hydroxylation sites is 1. The van der Waals surface area contributed by atoms with Crippen molar-refractivity contribution in [3.05, 3.63) is 51.7 Å². The summed E-state index contributed by atoms with van der Waals surface area (Å²) in [6, 6.07) is 11.6. The highest BCUT2D eigenvalue weighted by Crippen LogP contribution is 2.33. The summed E-state index contributed by atoms with van der Waals surface area (Å²) in [6.07, 6.45) is 4.42. The minimum absolute atomic E-state index is 0.0617. The smallest absolute Gasteiger partial charge is 0.317 e. The van der Waals surface area contributed by atoms with Gasteiger partial charge in [0.25, 0.3) is 0 Å². The van der Waals surface area contributed by atoms with Gasteiger partial charge in [0.05, 0.1) is 16.8 Å². The number of likely N-dealkylation sites (tertiary alicyclic amines) is 1. The molecule has 2 aromatic rings. The molecule has 1 aromatic carbocycles. The van der Waals surface area contributed by atoms with Gasteiger partial charge in [-0.3, -0.25) is 0 Å². The topological polar surface area (TPSA) is 32.3 Å². The van der Waals surface area contributed by atoms with Crippen molar-refractivity contribution >= 4 is 34.7 Å². The van der Waals surface area contributed by atoms with Crippen molar-refractivity contribution < 1.29 is 4.79 Å². The van der Waals surface area contributed by atoms with Crippen LogP contribution in [0.1, 0.15) is 36.6 Å². The van der Waals surface area contributed by atoms with Crippen molar-refractivity contribution in [2.45, 2.75) is 31.7 Å². The molecule has 22 heavy (non-hydrogen) atoms. The first kappa shape index (κ1) is 15.4. The zero-order valence-corrected chi connectivity index (χ0v) is 13.9. The predicted molar refractivity (Wildman–Crippen MR) is 92.7 cm³/mol.